The Bertz CT molecular complexity index is 497. The molecular formula is C22H31N. The van der Waals surface area contributed by atoms with Crippen molar-refractivity contribution < 1.29 is 0 Å². The number of benzene rings is 2. The van der Waals surface area contributed by atoms with E-state index in [1.54, 1.807) is 0 Å². The normalized spacial score (nSPS) is 11.8. The molecule has 2 aromatic carbocycles. The first-order chi connectivity index (χ1) is 11.1. The van der Waals surface area contributed by atoms with E-state index in [1.165, 1.54) is 30.5 Å². The van der Waals surface area contributed by atoms with E-state index in [9.17, 15) is 0 Å². The highest BCUT2D eigenvalue weighted by atomic mass is 15.2. The van der Waals surface area contributed by atoms with Crippen molar-refractivity contribution in [3.63, 3.8) is 0 Å². The van der Waals surface area contributed by atoms with Gasteiger partial charge in [-0.05, 0) is 58.2 Å². The van der Waals surface area contributed by atoms with Crippen LogP contribution >= 0.6 is 0 Å². The van der Waals surface area contributed by atoms with E-state index in [1.807, 2.05) is 0 Å². The summed E-state index contributed by atoms with van der Waals surface area (Å²) < 4.78 is 0. The van der Waals surface area contributed by atoms with Gasteiger partial charge in [-0.3, -0.25) is 4.90 Å². The average Bonchev–Trinajstić information content (AvgIpc) is 2.56. The Morgan fingerprint density at radius 3 is 1.52 bits per heavy atom. The second kappa shape index (κ2) is 8.88. The van der Waals surface area contributed by atoms with Gasteiger partial charge in [0.15, 0.2) is 0 Å². The smallest absolute Gasteiger partial charge is 0.00898 e. The number of nitrogens with zero attached hydrogens (tertiary/aromatic N) is 1. The minimum absolute atomic E-state index is 0.499. The Morgan fingerprint density at radius 1 is 0.696 bits per heavy atom. The lowest BCUT2D eigenvalue weighted by atomic mass is 9.87. The lowest BCUT2D eigenvalue weighted by Gasteiger charge is -2.31. The summed E-state index contributed by atoms with van der Waals surface area (Å²) in [7, 11) is 0. The van der Waals surface area contributed by atoms with Gasteiger partial charge in [0.2, 0.25) is 0 Å². The van der Waals surface area contributed by atoms with Crippen LogP contribution in [0.25, 0.3) is 0 Å². The van der Waals surface area contributed by atoms with Crippen molar-refractivity contribution in [3.8, 4) is 0 Å². The predicted octanol–water partition coefficient (Wildman–Crippen LogP) is 5.72. The second-order valence-corrected chi connectivity index (χ2v) is 6.94. The molecule has 0 unspecified atom stereocenters. The molecule has 0 aliphatic rings. The fourth-order valence-electron chi connectivity index (χ4n) is 3.49. The van der Waals surface area contributed by atoms with Gasteiger partial charge in [0.05, 0.1) is 0 Å². The molecule has 0 aliphatic carbocycles. The number of hydrogen-bond acceptors (Lipinski definition) is 1. The number of hydrogen-bond donors (Lipinski definition) is 0. The molecule has 0 atom stereocenters. The molecule has 0 heterocycles. The lowest BCUT2D eigenvalue weighted by molar-refractivity contribution is 0.171. The van der Waals surface area contributed by atoms with E-state index < -0.39 is 0 Å². The summed E-state index contributed by atoms with van der Waals surface area (Å²) in [6, 6.07) is 23.1. The summed E-state index contributed by atoms with van der Waals surface area (Å²) in [6.07, 6.45) is 2.43. The van der Waals surface area contributed by atoms with Crippen molar-refractivity contribution in [2.75, 3.05) is 6.54 Å². The van der Waals surface area contributed by atoms with E-state index in [-0.39, 0.29) is 0 Å². The molecule has 2 aromatic rings. The van der Waals surface area contributed by atoms with Crippen molar-refractivity contribution >= 4 is 0 Å². The van der Waals surface area contributed by atoms with Crippen LogP contribution in [0.1, 0.15) is 57.6 Å². The summed E-state index contributed by atoms with van der Waals surface area (Å²) in [4.78, 5) is 2.59. The van der Waals surface area contributed by atoms with Crippen molar-refractivity contribution in [2.24, 2.45) is 0 Å². The van der Waals surface area contributed by atoms with Crippen LogP contribution in [0.5, 0.6) is 0 Å². The molecule has 0 saturated carbocycles. The quantitative estimate of drug-likeness (QED) is 0.603. The van der Waals surface area contributed by atoms with Crippen LogP contribution in [-0.2, 0) is 0 Å². The molecule has 0 N–H and O–H groups in total. The summed E-state index contributed by atoms with van der Waals surface area (Å²) in [5.74, 6) is 0.499. The van der Waals surface area contributed by atoms with Crippen LogP contribution in [0.15, 0.2) is 60.7 Å². The summed E-state index contributed by atoms with van der Waals surface area (Å²) >= 11 is 0. The first kappa shape index (κ1) is 17.7. The highest BCUT2D eigenvalue weighted by molar-refractivity contribution is 5.32. The molecule has 0 fully saturated rings. The van der Waals surface area contributed by atoms with Gasteiger partial charge >= 0.3 is 0 Å². The zero-order chi connectivity index (χ0) is 16.7. The van der Waals surface area contributed by atoms with Crippen molar-refractivity contribution in [1.82, 2.24) is 4.90 Å². The molecule has 0 aliphatic heterocycles. The first-order valence-corrected chi connectivity index (χ1v) is 8.95. The summed E-state index contributed by atoms with van der Waals surface area (Å²) in [5.41, 5.74) is 2.86. The third-order valence-corrected chi connectivity index (χ3v) is 4.64. The van der Waals surface area contributed by atoms with Crippen molar-refractivity contribution in [1.29, 1.82) is 0 Å². The molecule has 0 spiro atoms. The van der Waals surface area contributed by atoms with Crippen LogP contribution in [0.2, 0.25) is 0 Å². The largest absolute Gasteiger partial charge is 0.299 e. The van der Waals surface area contributed by atoms with Crippen LogP contribution in [0.3, 0.4) is 0 Å². The van der Waals surface area contributed by atoms with Gasteiger partial charge in [-0.15, -0.1) is 0 Å². The second-order valence-electron chi connectivity index (χ2n) is 6.94. The third-order valence-electron chi connectivity index (χ3n) is 4.64. The molecule has 23 heavy (non-hydrogen) atoms. The van der Waals surface area contributed by atoms with Crippen molar-refractivity contribution in [2.45, 2.75) is 58.5 Å². The van der Waals surface area contributed by atoms with Gasteiger partial charge in [0.1, 0.15) is 0 Å². The van der Waals surface area contributed by atoms with Crippen LogP contribution in [0.4, 0.5) is 0 Å². The van der Waals surface area contributed by atoms with Gasteiger partial charge in [-0.25, -0.2) is 0 Å². The molecule has 0 saturated heterocycles. The SMILES string of the molecule is CC(C)N(CCCC(c1ccccc1)c1ccccc1)C(C)C. The van der Waals surface area contributed by atoms with Gasteiger partial charge in [0, 0.05) is 18.0 Å². The van der Waals surface area contributed by atoms with Crippen LogP contribution in [-0.4, -0.2) is 23.5 Å². The first-order valence-electron chi connectivity index (χ1n) is 8.95. The van der Waals surface area contributed by atoms with E-state index in [0.717, 1.165) is 0 Å². The number of rotatable bonds is 8. The monoisotopic (exact) mass is 309 g/mol. The van der Waals surface area contributed by atoms with E-state index in [2.05, 4.69) is 93.3 Å². The molecule has 2 rings (SSSR count). The lowest BCUT2D eigenvalue weighted by Crippen LogP contribution is -2.37. The van der Waals surface area contributed by atoms with E-state index in [4.69, 9.17) is 0 Å². The zero-order valence-corrected chi connectivity index (χ0v) is 15.1. The molecule has 0 aromatic heterocycles. The van der Waals surface area contributed by atoms with E-state index in [0.29, 0.717) is 18.0 Å². The van der Waals surface area contributed by atoms with E-state index >= 15 is 0 Å². The molecule has 1 heteroatoms. The van der Waals surface area contributed by atoms with Crippen LogP contribution < -0.4 is 0 Å². The fourth-order valence-corrected chi connectivity index (χ4v) is 3.49. The molecular weight excluding hydrogens is 278 g/mol. The molecule has 124 valence electrons. The molecule has 0 radical (unpaired) electrons. The minimum Gasteiger partial charge on any atom is -0.299 e. The predicted molar refractivity (Wildman–Crippen MR) is 101 cm³/mol. The Morgan fingerprint density at radius 2 is 1.13 bits per heavy atom. The molecule has 0 bridgehead atoms. The minimum atomic E-state index is 0.499. The van der Waals surface area contributed by atoms with Gasteiger partial charge in [-0.2, -0.15) is 0 Å². The molecule has 0 amide bonds. The highest BCUT2D eigenvalue weighted by Crippen LogP contribution is 2.29. The van der Waals surface area contributed by atoms with Gasteiger partial charge in [-0.1, -0.05) is 60.7 Å². The maximum Gasteiger partial charge on any atom is 0.00898 e. The third kappa shape index (κ3) is 5.21. The summed E-state index contributed by atoms with van der Waals surface area (Å²) in [6.45, 7) is 10.4. The Kier molecular flexibility index (Phi) is 6.85. The summed E-state index contributed by atoms with van der Waals surface area (Å²) in [5, 5.41) is 0. The zero-order valence-electron chi connectivity index (χ0n) is 15.1. The maximum atomic E-state index is 2.59. The Hall–Kier alpha value is -1.60. The molecule has 1 nitrogen and oxygen atoms in total. The standard InChI is InChI=1S/C22H31N/c1-18(2)23(19(3)4)17-11-16-22(20-12-7-5-8-13-20)21-14-9-6-10-15-21/h5-10,12-15,18-19,22H,11,16-17H2,1-4H3. The highest BCUT2D eigenvalue weighted by Gasteiger charge is 2.16. The average molecular weight is 309 g/mol. The Balaban J connectivity index is 2.07. The van der Waals surface area contributed by atoms with Gasteiger partial charge < -0.3 is 0 Å². The maximum absolute atomic E-state index is 2.59. The topological polar surface area (TPSA) is 3.24 Å². The van der Waals surface area contributed by atoms with Crippen molar-refractivity contribution in [3.05, 3.63) is 71.8 Å². The van der Waals surface area contributed by atoms with Gasteiger partial charge in [0.25, 0.3) is 0 Å². The fraction of sp³-hybridized carbons (Fsp3) is 0.455. The Labute approximate surface area is 142 Å². The van der Waals surface area contributed by atoms with Crippen LogP contribution in [0, 0.1) is 0 Å².